The van der Waals surface area contributed by atoms with Gasteiger partial charge in [0, 0.05) is 24.7 Å². The van der Waals surface area contributed by atoms with Gasteiger partial charge >= 0.3 is 0 Å². The quantitative estimate of drug-likeness (QED) is 0.611. The number of benzene rings is 2. The maximum atomic E-state index is 12.7. The Kier molecular flexibility index (Phi) is 7.54. The molecule has 2 amide bonds. The molecule has 1 saturated carbocycles. The highest BCUT2D eigenvalue weighted by Crippen LogP contribution is 2.29. The number of rotatable bonds is 11. The lowest BCUT2D eigenvalue weighted by Gasteiger charge is -2.22. The summed E-state index contributed by atoms with van der Waals surface area (Å²) in [4.78, 5) is 26.8. The second-order valence-electron chi connectivity index (χ2n) is 7.01. The number of anilines is 1. The number of hydrogen-bond donors (Lipinski definition) is 1. The van der Waals surface area contributed by atoms with Gasteiger partial charge in [0.1, 0.15) is 5.75 Å². The lowest BCUT2D eigenvalue weighted by Crippen LogP contribution is -2.38. The molecule has 0 aromatic heterocycles. The van der Waals surface area contributed by atoms with Crippen molar-refractivity contribution in [1.82, 2.24) is 4.90 Å². The first-order valence-corrected chi connectivity index (χ1v) is 10.2. The molecule has 0 saturated heterocycles. The molecule has 2 aromatic carbocycles. The minimum Gasteiger partial charge on any atom is -0.494 e. The highest BCUT2D eigenvalue weighted by molar-refractivity contribution is 5.91. The van der Waals surface area contributed by atoms with Gasteiger partial charge in [0.15, 0.2) is 18.1 Å². The van der Waals surface area contributed by atoms with Gasteiger partial charge < -0.3 is 24.4 Å². The van der Waals surface area contributed by atoms with Crippen molar-refractivity contribution >= 4 is 17.5 Å². The molecule has 2 aromatic rings. The van der Waals surface area contributed by atoms with E-state index in [9.17, 15) is 9.59 Å². The Morgan fingerprint density at radius 1 is 1.03 bits per heavy atom. The van der Waals surface area contributed by atoms with E-state index in [0.29, 0.717) is 30.3 Å². The molecule has 0 spiro atoms. The summed E-state index contributed by atoms with van der Waals surface area (Å²) in [5.41, 5.74) is 0.701. The van der Waals surface area contributed by atoms with E-state index in [2.05, 4.69) is 5.32 Å². The lowest BCUT2D eigenvalue weighted by molar-refractivity contribution is -0.134. The van der Waals surface area contributed by atoms with Gasteiger partial charge in [-0.05, 0) is 56.2 Å². The van der Waals surface area contributed by atoms with Gasteiger partial charge in [0.05, 0.1) is 13.7 Å². The number of methoxy groups -OCH3 is 1. The number of carbonyl (C=O) groups excluding carboxylic acids is 2. The zero-order valence-electron chi connectivity index (χ0n) is 17.4. The van der Waals surface area contributed by atoms with Crippen molar-refractivity contribution in [2.24, 2.45) is 0 Å². The zero-order valence-corrected chi connectivity index (χ0v) is 17.4. The number of hydrogen-bond acceptors (Lipinski definition) is 5. The largest absolute Gasteiger partial charge is 0.494 e. The van der Waals surface area contributed by atoms with Crippen LogP contribution in [0.25, 0.3) is 0 Å². The normalized spacial score (nSPS) is 12.7. The predicted molar refractivity (Wildman–Crippen MR) is 114 cm³/mol. The number of carbonyl (C=O) groups is 2. The summed E-state index contributed by atoms with van der Waals surface area (Å²) in [5.74, 6) is 1.60. The van der Waals surface area contributed by atoms with E-state index in [0.717, 1.165) is 18.6 Å². The fourth-order valence-electron chi connectivity index (χ4n) is 3.10. The number of amides is 2. The first-order chi connectivity index (χ1) is 14.6. The Labute approximate surface area is 176 Å². The van der Waals surface area contributed by atoms with Gasteiger partial charge in [-0.1, -0.05) is 12.1 Å². The van der Waals surface area contributed by atoms with Crippen LogP contribution in [0.2, 0.25) is 0 Å². The number of nitrogens with one attached hydrogen (secondary N) is 1. The summed E-state index contributed by atoms with van der Waals surface area (Å²) >= 11 is 0. The summed E-state index contributed by atoms with van der Waals surface area (Å²) in [6, 6.07) is 14.6. The first-order valence-electron chi connectivity index (χ1n) is 10.2. The fourth-order valence-corrected chi connectivity index (χ4v) is 3.10. The van der Waals surface area contributed by atoms with Gasteiger partial charge in [-0.3, -0.25) is 9.59 Å². The Morgan fingerprint density at radius 3 is 2.37 bits per heavy atom. The average Bonchev–Trinajstić information content (AvgIpc) is 3.59. The van der Waals surface area contributed by atoms with Crippen molar-refractivity contribution < 1.29 is 23.8 Å². The molecule has 0 bridgehead atoms. The zero-order chi connectivity index (χ0) is 21.3. The van der Waals surface area contributed by atoms with E-state index < -0.39 is 0 Å². The van der Waals surface area contributed by atoms with Crippen LogP contribution in [0, 0.1) is 0 Å². The molecule has 7 heteroatoms. The van der Waals surface area contributed by atoms with E-state index in [4.69, 9.17) is 14.2 Å². The Bertz CT molecular complexity index is 849. The van der Waals surface area contributed by atoms with Crippen LogP contribution in [0.1, 0.15) is 26.2 Å². The summed E-state index contributed by atoms with van der Waals surface area (Å²) in [5, 5.41) is 2.86. The summed E-state index contributed by atoms with van der Waals surface area (Å²) in [6.45, 7) is 2.79. The number of nitrogens with zero attached hydrogens (tertiary/aromatic N) is 1. The molecule has 1 fully saturated rings. The monoisotopic (exact) mass is 412 g/mol. The Morgan fingerprint density at radius 2 is 1.73 bits per heavy atom. The van der Waals surface area contributed by atoms with Crippen molar-refractivity contribution in [3.8, 4) is 17.2 Å². The van der Waals surface area contributed by atoms with Crippen molar-refractivity contribution in [1.29, 1.82) is 0 Å². The molecule has 0 unspecified atom stereocenters. The molecule has 0 heterocycles. The van der Waals surface area contributed by atoms with Gasteiger partial charge in [-0.2, -0.15) is 0 Å². The molecule has 0 atom stereocenters. The third kappa shape index (κ3) is 6.14. The van der Waals surface area contributed by atoms with Crippen LogP contribution >= 0.6 is 0 Å². The van der Waals surface area contributed by atoms with Crippen LogP contribution in [0.4, 0.5) is 5.69 Å². The highest BCUT2D eigenvalue weighted by atomic mass is 16.5. The molecule has 3 rings (SSSR count). The lowest BCUT2D eigenvalue weighted by atomic mass is 10.2. The van der Waals surface area contributed by atoms with Crippen LogP contribution in [0.5, 0.6) is 17.2 Å². The van der Waals surface area contributed by atoms with Crippen LogP contribution in [-0.2, 0) is 9.59 Å². The van der Waals surface area contributed by atoms with Crippen LogP contribution in [-0.4, -0.2) is 49.6 Å². The first kappa shape index (κ1) is 21.5. The molecule has 30 heavy (non-hydrogen) atoms. The van der Waals surface area contributed by atoms with Gasteiger partial charge in [0.2, 0.25) is 5.91 Å². The van der Waals surface area contributed by atoms with Crippen molar-refractivity contribution in [2.45, 2.75) is 32.2 Å². The second kappa shape index (κ2) is 10.5. The highest BCUT2D eigenvalue weighted by Gasteiger charge is 2.32. The molecule has 1 N–H and O–H groups in total. The second-order valence-corrected chi connectivity index (χ2v) is 7.01. The topological polar surface area (TPSA) is 77.1 Å². The van der Waals surface area contributed by atoms with Gasteiger partial charge in [-0.15, -0.1) is 0 Å². The van der Waals surface area contributed by atoms with Crippen molar-refractivity contribution in [3.63, 3.8) is 0 Å². The molecule has 1 aliphatic carbocycles. The van der Waals surface area contributed by atoms with Crippen LogP contribution < -0.4 is 19.5 Å². The molecule has 1 aliphatic rings. The van der Waals surface area contributed by atoms with E-state index in [1.807, 2.05) is 31.2 Å². The fraction of sp³-hybridized carbons (Fsp3) is 0.391. The molecule has 160 valence electrons. The molecule has 0 radical (unpaired) electrons. The van der Waals surface area contributed by atoms with Gasteiger partial charge in [-0.25, -0.2) is 0 Å². The molecular weight excluding hydrogens is 384 g/mol. The minimum absolute atomic E-state index is 0.0859. The van der Waals surface area contributed by atoms with Crippen molar-refractivity contribution in [3.05, 3.63) is 48.5 Å². The maximum Gasteiger partial charge on any atom is 0.260 e. The van der Waals surface area contributed by atoms with Crippen molar-refractivity contribution in [2.75, 3.05) is 32.2 Å². The van der Waals surface area contributed by atoms with Crippen LogP contribution in [0.15, 0.2) is 48.5 Å². The third-order valence-corrected chi connectivity index (χ3v) is 4.76. The minimum atomic E-state index is -0.136. The summed E-state index contributed by atoms with van der Waals surface area (Å²) in [6.07, 6.45) is 2.14. The molecular formula is C23H28N2O5. The van der Waals surface area contributed by atoms with E-state index in [1.165, 1.54) is 0 Å². The predicted octanol–water partition coefficient (Wildman–Crippen LogP) is 3.49. The molecule has 0 aliphatic heterocycles. The van der Waals surface area contributed by atoms with E-state index >= 15 is 0 Å². The smallest absolute Gasteiger partial charge is 0.260 e. The number of para-hydroxylation sites is 2. The van der Waals surface area contributed by atoms with Crippen LogP contribution in [0.3, 0.4) is 0 Å². The van der Waals surface area contributed by atoms with Gasteiger partial charge in [0.25, 0.3) is 5.91 Å². The third-order valence-electron chi connectivity index (χ3n) is 4.76. The van der Waals surface area contributed by atoms with E-state index in [1.54, 1.807) is 36.3 Å². The molecule has 7 nitrogen and oxygen atoms in total. The standard InChI is InChI=1S/C23H28N2O5/c1-3-29-19-12-8-17(9-13-19)24-22(26)14-15-25(18-10-11-18)23(27)16-30-21-7-5-4-6-20(21)28-2/h4-9,12-13,18H,3,10-11,14-16H2,1-2H3,(H,24,26). The van der Waals surface area contributed by atoms with E-state index in [-0.39, 0.29) is 30.9 Å². The SMILES string of the molecule is CCOc1ccc(NC(=O)CCN(C(=O)COc2ccccc2OC)C2CC2)cc1. The Balaban J connectivity index is 1.49. The summed E-state index contributed by atoms with van der Waals surface area (Å²) < 4.78 is 16.3. The maximum absolute atomic E-state index is 12.7. The number of ether oxygens (including phenoxy) is 3. The average molecular weight is 412 g/mol. The Hall–Kier alpha value is -3.22. The summed E-state index contributed by atoms with van der Waals surface area (Å²) in [7, 11) is 1.56.